The molecular formula is C12H11ClN4O. The van der Waals surface area contributed by atoms with E-state index in [1.807, 2.05) is 0 Å². The van der Waals surface area contributed by atoms with Crippen LogP contribution in [0.2, 0.25) is 5.02 Å². The molecule has 2 N–H and O–H groups in total. The minimum absolute atomic E-state index is 0.440. The summed E-state index contributed by atoms with van der Waals surface area (Å²) in [7, 11) is 1.55. The minimum Gasteiger partial charge on any atom is -0.494 e. The molecule has 0 spiro atoms. The minimum atomic E-state index is 0.440. The number of hydrogen-bond donors (Lipinski definition) is 1. The molecule has 2 rings (SSSR count). The van der Waals surface area contributed by atoms with Crippen molar-refractivity contribution < 1.29 is 4.74 Å². The van der Waals surface area contributed by atoms with Gasteiger partial charge in [-0.25, -0.2) is 0 Å². The Hall–Kier alpha value is -2.14. The van der Waals surface area contributed by atoms with Crippen LogP contribution in [0.4, 0.5) is 17.1 Å². The first-order chi connectivity index (χ1) is 8.70. The Kier molecular flexibility index (Phi) is 3.74. The van der Waals surface area contributed by atoms with Crippen LogP contribution < -0.4 is 10.5 Å². The van der Waals surface area contributed by atoms with Crippen LogP contribution in [0.5, 0.6) is 5.75 Å². The van der Waals surface area contributed by atoms with Crippen molar-refractivity contribution >= 4 is 28.7 Å². The Morgan fingerprint density at radius 3 is 2.72 bits per heavy atom. The van der Waals surface area contributed by atoms with Gasteiger partial charge in [-0.3, -0.25) is 4.98 Å². The second-order valence-corrected chi connectivity index (χ2v) is 3.87. The molecule has 0 bridgehead atoms. The summed E-state index contributed by atoms with van der Waals surface area (Å²) in [4.78, 5) is 3.87. The van der Waals surface area contributed by atoms with Gasteiger partial charge in [-0.05, 0) is 18.2 Å². The van der Waals surface area contributed by atoms with Crippen molar-refractivity contribution in [1.29, 1.82) is 0 Å². The highest BCUT2D eigenvalue weighted by atomic mass is 35.5. The Morgan fingerprint density at radius 1 is 1.22 bits per heavy atom. The predicted octanol–water partition coefficient (Wildman–Crippen LogP) is 3.74. The number of azo groups is 1. The summed E-state index contributed by atoms with van der Waals surface area (Å²) in [6, 6.07) is 6.82. The first-order valence-corrected chi connectivity index (χ1v) is 5.53. The fourth-order valence-electron chi connectivity index (χ4n) is 1.33. The molecule has 0 atom stereocenters. The van der Waals surface area contributed by atoms with Crippen LogP contribution in [-0.4, -0.2) is 12.1 Å². The van der Waals surface area contributed by atoms with E-state index in [9.17, 15) is 0 Å². The molecule has 92 valence electrons. The van der Waals surface area contributed by atoms with Crippen LogP contribution >= 0.6 is 11.6 Å². The first kappa shape index (κ1) is 12.3. The molecule has 0 unspecified atom stereocenters. The van der Waals surface area contributed by atoms with E-state index in [1.165, 1.54) is 6.20 Å². The number of anilines is 1. The number of rotatable bonds is 3. The second-order valence-electron chi connectivity index (χ2n) is 3.46. The molecule has 18 heavy (non-hydrogen) atoms. The zero-order valence-corrected chi connectivity index (χ0v) is 10.4. The van der Waals surface area contributed by atoms with Crippen molar-refractivity contribution in [3.63, 3.8) is 0 Å². The van der Waals surface area contributed by atoms with E-state index in [-0.39, 0.29) is 0 Å². The van der Waals surface area contributed by atoms with Gasteiger partial charge in [0, 0.05) is 24.1 Å². The Bertz CT molecular complexity index is 586. The third-order valence-corrected chi connectivity index (χ3v) is 2.51. The van der Waals surface area contributed by atoms with Gasteiger partial charge in [-0.15, -0.1) is 10.2 Å². The van der Waals surface area contributed by atoms with E-state index in [2.05, 4.69) is 15.2 Å². The van der Waals surface area contributed by atoms with Crippen molar-refractivity contribution in [2.24, 2.45) is 10.2 Å². The summed E-state index contributed by atoms with van der Waals surface area (Å²) in [5, 5.41) is 8.57. The number of hydrogen-bond acceptors (Lipinski definition) is 5. The van der Waals surface area contributed by atoms with Crippen molar-refractivity contribution in [1.82, 2.24) is 4.98 Å². The molecule has 0 saturated heterocycles. The van der Waals surface area contributed by atoms with Crippen LogP contribution in [0.15, 0.2) is 46.9 Å². The molecule has 0 aliphatic heterocycles. The van der Waals surface area contributed by atoms with Crippen molar-refractivity contribution in [2.75, 3.05) is 12.8 Å². The van der Waals surface area contributed by atoms with E-state index in [0.717, 1.165) is 0 Å². The third kappa shape index (κ3) is 2.75. The maximum atomic E-state index is 5.92. The third-order valence-electron chi connectivity index (χ3n) is 2.22. The monoisotopic (exact) mass is 262 g/mol. The van der Waals surface area contributed by atoms with E-state index in [1.54, 1.807) is 37.6 Å². The largest absolute Gasteiger partial charge is 0.494 e. The number of aromatic nitrogens is 1. The van der Waals surface area contributed by atoms with Gasteiger partial charge >= 0.3 is 0 Å². The predicted molar refractivity (Wildman–Crippen MR) is 70.8 cm³/mol. The summed E-state index contributed by atoms with van der Waals surface area (Å²) in [6.45, 7) is 0. The molecule has 0 fully saturated rings. The van der Waals surface area contributed by atoms with E-state index in [4.69, 9.17) is 22.1 Å². The van der Waals surface area contributed by atoms with Gasteiger partial charge in [-0.2, -0.15) is 0 Å². The molecule has 0 radical (unpaired) electrons. The smallest absolute Gasteiger partial charge is 0.148 e. The lowest BCUT2D eigenvalue weighted by Crippen LogP contribution is -1.87. The summed E-state index contributed by atoms with van der Waals surface area (Å²) in [5.74, 6) is 0.559. The number of benzene rings is 1. The normalized spacial score (nSPS) is 10.8. The maximum Gasteiger partial charge on any atom is 0.148 e. The lowest BCUT2D eigenvalue weighted by molar-refractivity contribution is 0.416. The lowest BCUT2D eigenvalue weighted by Gasteiger charge is -2.04. The fourth-order valence-corrected chi connectivity index (χ4v) is 1.49. The van der Waals surface area contributed by atoms with Gasteiger partial charge in [0.2, 0.25) is 0 Å². The highest BCUT2D eigenvalue weighted by Crippen LogP contribution is 2.32. The maximum absolute atomic E-state index is 5.92. The Morgan fingerprint density at radius 2 is 2.00 bits per heavy atom. The van der Waals surface area contributed by atoms with Crippen LogP contribution in [0.25, 0.3) is 0 Å². The van der Waals surface area contributed by atoms with Crippen molar-refractivity contribution in [2.45, 2.75) is 0 Å². The van der Waals surface area contributed by atoms with Crippen LogP contribution in [0.3, 0.4) is 0 Å². The number of pyridine rings is 1. The molecule has 0 amide bonds. The molecular weight excluding hydrogens is 252 g/mol. The highest BCUT2D eigenvalue weighted by Gasteiger charge is 2.03. The molecule has 1 aromatic carbocycles. The first-order valence-electron chi connectivity index (χ1n) is 5.15. The van der Waals surface area contributed by atoms with Crippen LogP contribution in [-0.2, 0) is 0 Å². The van der Waals surface area contributed by atoms with Gasteiger partial charge in [0.15, 0.2) is 0 Å². The molecule has 2 aromatic rings. The topological polar surface area (TPSA) is 72.9 Å². The van der Waals surface area contributed by atoms with Gasteiger partial charge in [0.25, 0.3) is 0 Å². The zero-order valence-electron chi connectivity index (χ0n) is 9.67. The van der Waals surface area contributed by atoms with Gasteiger partial charge in [-0.1, -0.05) is 11.6 Å². The molecule has 0 saturated carbocycles. The quantitative estimate of drug-likeness (QED) is 0.676. The van der Waals surface area contributed by atoms with E-state index >= 15 is 0 Å². The summed E-state index contributed by atoms with van der Waals surface area (Å²) < 4.78 is 5.17. The lowest BCUT2D eigenvalue weighted by atomic mass is 10.2. The molecule has 0 aliphatic carbocycles. The van der Waals surface area contributed by atoms with E-state index in [0.29, 0.717) is 27.8 Å². The Labute approximate surface area is 109 Å². The summed E-state index contributed by atoms with van der Waals surface area (Å²) in [5.41, 5.74) is 7.39. The van der Waals surface area contributed by atoms with Gasteiger partial charge < -0.3 is 10.5 Å². The number of nitrogen functional groups attached to an aromatic ring is 1. The van der Waals surface area contributed by atoms with Crippen LogP contribution in [0.1, 0.15) is 0 Å². The number of halogens is 1. The average molecular weight is 263 g/mol. The number of nitrogens with two attached hydrogens (primary N) is 1. The zero-order chi connectivity index (χ0) is 13.0. The SMILES string of the molecule is COc1cc(N)ccc1/N=N/c1ccncc1Cl. The van der Waals surface area contributed by atoms with Crippen molar-refractivity contribution in [3.8, 4) is 5.75 Å². The fraction of sp³-hybridized carbons (Fsp3) is 0.0833. The molecule has 6 heteroatoms. The van der Waals surface area contributed by atoms with Crippen LogP contribution in [0, 0.1) is 0 Å². The molecule has 1 aromatic heterocycles. The van der Waals surface area contributed by atoms with E-state index < -0.39 is 0 Å². The van der Waals surface area contributed by atoms with Gasteiger partial charge in [0.05, 0.1) is 12.1 Å². The molecule has 0 aliphatic rings. The highest BCUT2D eigenvalue weighted by molar-refractivity contribution is 6.32. The second kappa shape index (κ2) is 5.46. The Balaban J connectivity index is 2.32. The summed E-state index contributed by atoms with van der Waals surface area (Å²) >= 11 is 5.92. The standard InChI is InChI=1S/C12H11ClN4O/c1-18-12-6-8(14)2-3-11(12)17-16-10-4-5-15-7-9(10)13/h2-7H,14H2,1H3/b17-16+. The number of ether oxygens (including phenoxy) is 1. The van der Waals surface area contributed by atoms with Crippen molar-refractivity contribution in [3.05, 3.63) is 41.7 Å². The molecule has 1 heterocycles. The van der Waals surface area contributed by atoms with Gasteiger partial charge in [0.1, 0.15) is 17.1 Å². The summed E-state index contributed by atoms with van der Waals surface area (Å²) in [6.07, 6.45) is 3.11. The number of methoxy groups -OCH3 is 1. The molecule has 5 nitrogen and oxygen atoms in total. The number of nitrogens with zero attached hydrogens (tertiary/aromatic N) is 3. The average Bonchev–Trinajstić information content (AvgIpc) is 2.39.